The quantitative estimate of drug-likeness (QED) is 0.275. The first-order valence-electron chi connectivity index (χ1n) is 10.8. The number of carboxylic acid groups (broad SMARTS) is 1. The van der Waals surface area contributed by atoms with Gasteiger partial charge in [0.05, 0.1) is 31.5 Å². The van der Waals surface area contributed by atoms with Gasteiger partial charge in [-0.3, -0.25) is 4.79 Å². The number of hydrogen-bond donors (Lipinski definition) is 1. The molecule has 3 aromatic carbocycles. The van der Waals surface area contributed by atoms with E-state index >= 15 is 0 Å². The number of Topliss-reactive ketones (excluding diaryl/α,β-unsaturated/α-hetero) is 1. The highest BCUT2D eigenvalue weighted by atomic mass is 32.1. The SMILES string of the molecule is COc1ccc(C(=O)/C(Cc2ccc3c(c2)OCO3)=C(/C(=O)O)c2ccc3nsnc3c2)cc1OC. The van der Waals surface area contributed by atoms with E-state index in [2.05, 4.69) is 8.75 Å². The molecular formula is C26H20N2O7S. The first-order valence-corrected chi connectivity index (χ1v) is 11.6. The monoisotopic (exact) mass is 504 g/mol. The second-order valence-electron chi connectivity index (χ2n) is 7.89. The van der Waals surface area contributed by atoms with Gasteiger partial charge in [0, 0.05) is 17.6 Å². The maximum atomic E-state index is 13.9. The van der Waals surface area contributed by atoms with Gasteiger partial charge < -0.3 is 24.1 Å². The van der Waals surface area contributed by atoms with Crippen LogP contribution in [0.2, 0.25) is 0 Å². The number of ether oxygens (including phenoxy) is 4. The Morgan fingerprint density at radius 1 is 0.889 bits per heavy atom. The van der Waals surface area contributed by atoms with Crippen LogP contribution in [0.4, 0.5) is 0 Å². The summed E-state index contributed by atoms with van der Waals surface area (Å²) in [5.74, 6) is 0.255. The van der Waals surface area contributed by atoms with Crippen LogP contribution >= 0.6 is 11.7 Å². The summed E-state index contributed by atoms with van der Waals surface area (Å²) in [5, 5.41) is 10.3. The maximum Gasteiger partial charge on any atom is 0.336 e. The summed E-state index contributed by atoms with van der Waals surface area (Å²) in [6.07, 6.45) is 0.0405. The number of rotatable bonds is 8. The van der Waals surface area contributed by atoms with Gasteiger partial charge in [-0.25, -0.2) is 4.79 Å². The fourth-order valence-electron chi connectivity index (χ4n) is 4.05. The summed E-state index contributed by atoms with van der Waals surface area (Å²) in [6, 6.07) is 14.9. The Hall–Kier alpha value is -4.44. The molecule has 0 aliphatic carbocycles. The van der Waals surface area contributed by atoms with Crippen molar-refractivity contribution in [1.29, 1.82) is 0 Å². The van der Waals surface area contributed by atoms with Gasteiger partial charge in [0.25, 0.3) is 0 Å². The van der Waals surface area contributed by atoms with Crippen LogP contribution in [0.1, 0.15) is 21.5 Å². The Morgan fingerprint density at radius 2 is 1.64 bits per heavy atom. The first kappa shape index (κ1) is 23.3. The number of fused-ring (bicyclic) bond motifs is 2. The third-order valence-corrected chi connectivity index (χ3v) is 6.35. The van der Waals surface area contributed by atoms with Crippen molar-refractivity contribution in [2.45, 2.75) is 6.42 Å². The van der Waals surface area contributed by atoms with Crippen LogP contribution in [0.5, 0.6) is 23.0 Å². The van der Waals surface area contributed by atoms with Crippen molar-refractivity contribution in [2.24, 2.45) is 0 Å². The van der Waals surface area contributed by atoms with E-state index in [1.807, 2.05) is 0 Å². The van der Waals surface area contributed by atoms with E-state index in [-0.39, 0.29) is 29.9 Å². The van der Waals surface area contributed by atoms with Gasteiger partial charge in [-0.2, -0.15) is 8.75 Å². The van der Waals surface area contributed by atoms with Crippen molar-refractivity contribution in [2.75, 3.05) is 21.0 Å². The molecular weight excluding hydrogens is 484 g/mol. The molecule has 5 rings (SSSR count). The van der Waals surface area contributed by atoms with Gasteiger partial charge in [-0.1, -0.05) is 12.1 Å². The lowest BCUT2D eigenvalue weighted by Gasteiger charge is -2.15. The lowest BCUT2D eigenvalue weighted by Crippen LogP contribution is -2.14. The minimum Gasteiger partial charge on any atom is -0.493 e. The van der Waals surface area contributed by atoms with Gasteiger partial charge in [-0.15, -0.1) is 0 Å². The van der Waals surface area contributed by atoms with E-state index in [9.17, 15) is 14.7 Å². The number of aromatic nitrogens is 2. The minimum atomic E-state index is -1.23. The zero-order valence-electron chi connectivity index (χ0n) is 19.3. The summed E-state index contributed by atoms with van der Waals surface area (Å²) in [4.78, 5) is 26.5. The van der Waals surface area contributed by atoms with E-state index in [0.29, 0.717) is 45.2 Å². The largest absolute Gasteiger partial charge is 0.493 e. The summed E-state index contributed by atoms with van der Waals surface area (Å²) >= 11 is 1.03. The van der Waals surface area contributed by atoms with E-state index in [1.54, 1.807) is 48.5 Å². The number of methoxy groups -OCH3 is 2. The highest BCUT2D eigenvalue weighted by molar-refractivity contribution is 7.00. The van der Waals surface area contributed by atoms with Crippen LogP contribution in [-0.4, -0.2) is 46.6 Å². The van der Waals surface area contributed by atoms with Gasteiger partial charge in [0.2, 0.25) is 6.79 Å². The summed E-state index contributed by atoms with van der Waals surface area (Å²) < 4.78 is 29.9. The Labute approximate surface area is 209 Å². The normalized spacial score (nSPS) is 12.8. The Kier molecular flexibility index (Phi) is 6.26. The summed E-state index contributed by atoms with van der Waals surface area (Å²) in [6.45, 7) is 0.105. The molecule has 1 aliphatic rings. The zero-order valence-corrected chi connectivity index (χ0v) is 20.1. The molecule has 1 N–H and O–H groups in total. The van der Waals surface area contributed by atoms with Crippen molar-refractivity contribution >= 4 is 40.1 Å². The Morgan fingerprint density at radius 3 is 2.42 bits per heavy atom. The molecule has 9 nitrogen and oxygen atoms in total. The molecule has 36 heavy (non-hydrogen) atoms. The van der Waals surface area contributed by atoms with E-state index in [0.717, 1.165) is 11.7 Å². The van der Waals surface area contributed by atoms with Gasteiger partial charge in [0.1, 0.15) is 11.0 Å². The maximum absolute atomic E-state index is 13.9. The molecule has 1 aliphatic heterocycles. The van der Waals surface area contributed by atoms with Gasteiger partial charge in [-0.05, 0) is 53.6 Å². The zero-order chi connectivity index (χ0) is 25.2. The van der Waals surface area contributed by atoms with Crippen LogP contribution in [0.25, 0.3) is 16.6 Å². The average Bonchev–Trinajstić information content (AvgIpc) is 3.56. The molecule has 2 heterocycles. The van der Waals surface area contributed by atoms with Crippen molar-refractivity contribution in [3.8, 4) is 23.0 Å². The van der Waals surface area contributed by atoms with E-state index in [1.165, 1.54) is 20.3 Å². The highest BCUT2D eigenvalue weighted by Gasteiger charge is 2.26. The number of carbonyl (C=O) groups excluding carboxylic acids is 1. The molecule has 0 radical (unpaired) electrons. The number of benzene rings is 3. The molecule has 4 aromatic rings. The standard InChI is InChI=1S/C26H20N2O7S/c1-32-20-8-5-16(12-22(20)33-2)25(29)17(9-14-3-7-21-23(10-14)35-13-34-21)24(26(30)31)15-4-6-18-19(11-15)28-36-27-18/h3-8,10-12H,9,13H2,1-2H3,(H,30,31)/b24-17+. The van der Waals surface area contributed by atoms with Gasteiger partial charge in [0.15, 0.2) is 28.8 Å². The number of nitrogens with zero attached hydrogens (tertiary/aromatic N) is 2. The molecule has 0 unspecified atom stereocenters. The Balaban J connectivity index is 1.67. The molecule has 10 heteroatoms. The molecule has 0 spiro atoms. The van der Waals surface area contributed by atoms with Crippen molar-refractivity contribution in [1.82, 2.24) is 8.75 Å². The number of ketones is 1. The van der Waals surface area contributed by atoms with Crippen LogP contribution in [-0.2, 0) is 11.2 Å². The molecule has 1 aromatic heterocycles. The second-order valence-corrected chi connectivity index (χ2v) is 8.42. The van der Waals surface area contributed by atoms with Crippen molar-refractivity contribution < 1.29 is 33.6 Å². The minimum absolute atomic E-state index is 0.0405. The fourth-order valence-corrected chi connectivity index (χ4v) is 4.57. The molecule has 0 bridgehead atoms. The summed E-state index contributed by atoms with van der Waals surface area (Å²) in [5.41, 5.74) is 2.48. The fraction of sp³-hybridized carbons (Fsp3) is 0.154. The lowest BCUT2D eigenvalue weighted by molar-refractivity contribution is -0.130. The van der Waals surface area contributed by atoms with Crippen LogP contribution in [0, 0.1) is 0 Å². The van der Waals surface area contributed by atoms with Crippen LogP contribution < -0.4 is 18.9 Å². The van der Waals surface area contributed by atoms with Crippen molar-refractivity contribution in [3.05, 3.63) is 76.9 Å². The molecule has 0 saturated heterocycles. The third kappa shape index (κ3) is 4.34. The summed E-state index contributed by atoms with van der Waals surface area (Å²) in [7, 11) is 2.96. The van der Waals surface area contributed by atoms with Crippen LogP contribution in [0.15, 0.2) is 60.2 Å². The average molecular weight is 505 g/mol. The topological polar surface area (TPSA) is 117 Å². The lowest BCUT2D eigenvalue weighted by atomic mass is 9.89. The molecule has 0 fully saturated rings. The molecule has 0 amide bonds. The second kappa shape index (κ2) is 9.67. The molecule has 0 atom stereocenters. The predicted molar refractivity (Wildman–Crippen MR) is 132 cm³/mol. The highest BCUT2D eigenvalue weighted by Crippen LogP contribution is 2.35. The van der Waals surface area contributed by atoms with E-state index < -0.39 is 11.8 Å². The third-order valence-electron chi connectivity index (χ3n) is 5.80. The predicted octanol–water partition coefficient (Wildman–Crippen LogP) is 4.40. The number of hydrogen-bond acceptors (Lipinski definition) is 9. The number of allylic oxidation sites excluding steroid dienone is 1. The number of carboxylic acids is 1. The molecule has 182 valence electrons. The van der Waals surface area contributed by atoms with Crippen molar-refractivity contribution in [3.63, 3.8) is 0 Å². The Bertz CT molecular complexity index is 1530. The van der Waals surface area contributed by atoms with Gasteiger partial charge >= 0.3 is 5.97 Å². The first-order chi connectivity index (χ1) is 17.5. The molecule has 0 saturated carbocycles. The number of aliphatic carboxylic acids is 1. The van der Waals surface area contributed by atoms with E-state index in [4.69, 9.17) is 18.9 Å². The van der Waals surface area contributed by atoms with Crippen LogP contribution in [0.3, 0.4) is 0 Å². The smallest absolute Gasteiger partial charge is 0.336 e. The number of carbonyl (C=O) groups is 2.